The van der Waals surface area contributed by atoms with Crippen molar-refractivity contribution in [1.29, 1.82) is 0 Å². The number of aliphatic hydroxyl groups is 1. The second-order valence-electron chi connectivity index (χ2n) is 5.10. The molecule has 2 aromatic carbocycles. The minimum atomic E-state index is -0.842. The zero-order valence-corrected chi connectivity index (χ0v) is 12.7. The molecule has 0 aliphatic carbocycles. The second-order valence-corrected chi connectivity index (χ2v) is 5.10. The van der Waals surface area contributed by atoms with Crippen LogP contribution in [0.25, 0.3) is 0 Å². The molecule has 0 saturated heterocycles. The molecule has 6 heteroatoms. The highest BCUT2D eigenvalue weighted by molar-refractivity contribution is 5.89. The van der Waals surface area contributed by atoms with Gasteiger partial charge in [0.1, 0.15) is 11.6 Å². The van der Waals surface area contributed by atoms with Gasteiger partial charge in [0, 0.05) is 19.7 Å². The number of amides is 2. The molecule has 4 nitrogen and oxygen atoms in total. The molecular formula is C17H18F2N2O2. The third-order valence-electron chi connectivity index (χ3n) is 3.55. The summed E-state index contributed by atoms with van der Waals surface area (Å²) in [5.41, 5.74) is 0.762. The Hall–Kier alpha value is -2.47. The lowest BCUT2D eigenvalue weighted by Gasteiger charge is -2.28. The normalized spacial score (nSPS) is 11.8. The molecule has 2 aromatic rings. The highest BCUT2D eigenvalue weighted by Crippen LogP contribution is 2.24. The summed E-state index contributed by atoms with van der Waals surface area (Å²) in [4.78, 5) is 13.7. The molecule has 1 atom stereocenters. The first-order valence-electron chi connectivity index (χ1n) is 7.17. The molecule has 2 N–H and O–H groups in total. The van der Waals surface area contributed by atoms with Gasteiger partial charge in [-0.15, -0.1) is 0 Å². The van der Waals surface area contributed by atoms with Crippen molar-refractivity contribution in [2.75, 3.05) is 19.0 Å². The molecule has 0 bridgehead atoms. The van der Waals surface area contributed by atoms with Crippen LogP contribution in [-0.2, 0) is 0 Å². The van der Waals surface area contributed by atoms with E-state index in [1.807, 2.05) is 30.3 Å². The van der Waals surface area contributed by atoms with E-state index in [0.29, 0.717) is 12.5 Å². The number of urea groups is 1. The molecule has 0 heterocycles. The molecule has 1 unspecified atom stereocenters. The summed E-state index contributed by atoms with van der Waals surface area (Å²) in [7, 11) is 1.56. The van der Waals surface area contributed by atoms with Crippen LogP contribution in [0.4, 0.5) is 19.3 Å². The predicted octanol–water partition coefficient (Wildman–Crippen LogP) is 3.55. The average molecular weight is 320 g/mol. The summed E-state index contributed by atoms with van der Waals surface area (Å²) in [5.74, 6) is -1.55. The van der Waals surface area contributed by atoms with Gasteiger partial charge in [-0.05, 0) is 24.1 Å². The molecule has 122 valence electrons. The van der Waals surface area contributed by atoms with Gasteiger partial charge >= 0.3 is 6.03 Å². The largest absolute Gasteiger partial charge is 0.396 e. The van der Waals surface area contributed by atoms with E-state index in [9.17, 15) is 18.7 Å². The molecule has 2 amide bonds. The smallest absolute Gasteiger partial charge is 0.322 e. The predicted molar refractivity (Wildman–Crippen MR) is 84.0 cm³/mol. The van der Waals surface area contributed by atoms with E-state index in [4.69, 9.17) is 0 Å². The fourth-order valence-corrected chi connectivity index (χ4v) is 2.32. The summed E-state index contributed by atoms with van der Waals surface area (Å²) >= 11 is 0. The van der Waals surface area contributed by atoms with E-state index in [0.717, 1.165) is 11.6 Å². The van der Waals surface area contributed by atoms with Crippen molar-refractivity contribution >= 4 is 11.7 Å². The van der Waals surface area contributed by atoms with Crippen molar-refractivity contribution in [1.82, 2.24) is 4.90 Å². The van der Waals surface area contributed by atoms with Crippen molar-refractivity contribution < 1.29 is 18.7 Å². The number of carbonyl (C=O) groups is 1. The second kappa shape index (κ2) is 7.69. The molecule has 23 heavy (non-hydrogen) atoms. The zero-order chi connectivity index (χ0) is 16.8. The third-order valence-corrected chi connectivity index (χ3v) is 3.55. The van der Waals surface area contributed by atoms with Crippen LogP contribution >= 0.6 is 0 Å². The summed E-state index contributed by atoms with van der Waals surface area (Å²) in [6, 6.07) is 11.3. The number of hydrogen-bond acceptors (Lipinski definition) is 2. The Morgan fingerprint density at radius 3 is 2.52 bits per heavy atom. The first-order chi connectivity index (χ1) is 11.0. The van der Waals surface area contributed by atoms with Crippen LogP contribution in [0, 0.1) is 11.6 Å². The lowest BCUT2D eigenvalue weighted by Crippen LogP contribution is -2.35. The fourth-order valence-electron chi connectivity index (χ4n) is 2.32. The topological polar surface area (TPSA) is 52.6 Å². The van der Waals surface area contributed by atoms with Gasteiger partial charge in [-0.1, -0.05) is 30.3 Å². The number of aliphatic hydroxyl groups excluding tert-OH is 1. The Kier molecular flexibility index (Phi) is 5.65. The van der Waals surface area contributed by atoms with Gasteiger partial charge in [0.05, 0.1) is 11.7 Å². The number of hydrogen-bond donors (Lipinski definition) is 2. The molecule has 0 saturated carbocycles. The molecule has 0 aromatic heterocycles. The Balaban J connectivity index is 2.16. The summed E-state index contributed by atoms with van der Waals surface area (Å²) < 4.78 is 26.5. The van der Waals surface area contributed by atoms with Crippen LogP contribution in [0.1, 0.15) is 18.0 Å². The lowest BCUT2D eigenvalue weighted by molar-refractivity contribution is 0.183. The first kappa shape index (κ1) is 16.9. The Morgan fingerprint density at radius 1 is 1.22 bits per heavy atom. The summed E-state index contributed by atoms with van der Waals surface area (Å²) in [5, 5.41) is 11.6. The van der Waals surface area contributed by atoms with Gasteiger partial charge in [0.2, 0.25) is 0 Å². The van der Waals surface area contributed by atoms with Crippen LogP contribution in [-0.4, -0.2) is 29.7 Å². The fraction of sp³-hybridized carbons (Fsp3) is 0.235. The van der Waals surface area contributed by atoms with E-state index in [2.05, 4.69) is 5.32 Å². The summed E-state index contributed by atoms with van der Waals surface area (Å²) in [6.45, 7) is -0.0951. The molecule has 0 aliphatic heterocycles. The molecule has 0 radical (unpaired) electrons. The molecule has 2 rings (SSSR count). The molecule has 0 spiro atoms. The number of rotatable bonds is 5. The van der Waals surface area contributed by atoms with Crippen molar-refractivity contribution in [3.8, 4) is 0 Å². The van der Waals surface area contributed by atoms with Gasteiger partial charge in [0.15, 0.2) is 0 Å². The molecular weight excluding hydrogens is 302 g/mol. The maximum atomic E-state index is 13.6. The number of nitrogens with zero attached hydrogens (tertiary/aromatic N) is 1. The Labute approximate surface area is 133 Å². The Bertz CT molecular complexity index is 665. The van der Waals surface area contributed by atoms with Crippen molar-refractivity contribution in [3.05, 3.63) is 65.7 Å². The van der Waals surface area contributed by atoms with Crippen molar-refractivity contribution in [2.45, 2.75) is 12.5 Å². The highest BCUT2D eigenvalue weighted by Gasteiger charge is 2.22. The van der Waals surface area contributed by atoms with Gasteiger partial charge < -0.3 is 15.3 Å². The van der Waals surface area contributed by atoms with Gasteiger partial charge in [-0.2, -0.15) is 0 Å². The number of anilines is 1. The minimum Gasteiger partial charge on any atom is -0.396 e. The SMILES string of the molecule is CN(C(=O)Nc1ccc(F)cc1F)C(CCO)c1ccccc1. The zero-order valence-electron chi connectivity index (χ0n) is 12.7. The van der Waals surface area contributed by atoms with E-state index in [-0.39, 0.29) is 18.3 Å². The van der Waals surface area contributed by atoms with Crippen LogP contribution < -0.4 is 5.32 Å². The standard InChI is InChI=1S/C17H18F2N2O2/c1-21(16(9-10-22)12-5-3-2-4-6-12)17(23)20-15-8-7-13(18)11-14(15)19/h2-8,11,16,22H,9-10H2,1H3,(H,20,23). The number of carbonyl (C=O) groups excluding carboxylic acids is 1. The molecule has 0 aliphatic rings. The lowest BCUT2D eigenvalue weighted by atomic mass is 10.0. The van der Waals surface area contributed by atoms with Crippen molar-refractivity contribution in [3.63, 3.8) is 0 Å². The van der Waals surface area contributed by atoms with E-state index in [1.54, 1.807) is 7.05 Å². The number of nitrogens with one attached hydrogen (secondary N) is 1. The number of halogens is 2. The van der Waals surface area contributed by atoms with Crippen LogP contribution in [0.15, 0.2) is 48.5 Å². The average Bonchev–Trinajstić information content (AvgIpc) is 2.55. The van der Waals surface area contributed by atoms with Crippen LogP contribution in [0.3, 0.4) is 0 Å². The van der Waals surface area contributed by atoms with Gasteiger partial charge in [0.25, 0.3) is 0 Å². The monoisotopic (exact) mass is 320 g/mol. The van der Waals surface area contributed by atoms with Crippen LogP contribution in [0.2, 0.25) is 0 Å². The van der Waals surface area contributed by atoms with Gasteiger partial charge in [-0.25, -0.2) is 13.6 Å². The maximum absolute atomic E-state index is 13.6. The highest BCUT2D eigenvalue weighted by atomic mass is 19.1. The Morgan fingerprint density at radius 2 is 1.91 bits per heavy atom. The van der Waals surface area contributed by atoms with E-state index in [1.165, 1.54) is 11.0 Å². The van der Waals surface area contributed by atoms with Crippen molar-refractivity contribution in [2.24, 2.45) is 0 Å². The third kappa shape index (κ3) is 4.26. The summed E-state index contributed by atoms with van der Waals surface area (Å²) in [6.07, 6.45) is 0.347. The van der Waals surface area contributed by atoms with E-state index >= 15 is 0 Å². The first-order valence-corrected chi connectivity index (χ1v) is 7.17. The van der Waals surface area contributed by atoms with Crippen LogP contribution in [0.5, 0.6) is 0 Å². The van der Waals surface area contributed by atoms with E-state index < -0.39 is 17.7 Å². The minimum absolute atomic E-state index is 0.0951. The maximum Gasteiger partial charge on any atom is 0.322 e. The molecule has 0 fully saturated rings. The number of benzene rings is 2. The quantitative estimate of drug-likeness (QED) is 0.885. The van der Waals surface area contributed by atoms with Gasteiger partial charge in [-0.3, -0.25) is 0 Å².